The number of nitrogens with one attached hydrogen (secondary N) is 1. The van der Waals surface area contributed by atoms with Gasteiger partial charge in [-0.3, -0.25) is 0 Å². The molecule has 1 heterocycles. The van der Waals surface area contributed by atoms with E-state index < -0.39 is 0 Å². The highest BCUT2D eigenvalue weighted by Crippen LogP contribution is 2.29. The molecule has 0 aliphatic carbocycles. The number of rotatable bonds is 5. The molecule has 0 aliphatic rings. The van der Waals surface area contributed by atoms with Crippen molar-refractivity contribution in [1.82, 2.24) is 5.32 Å². The largest absolute Gasteiger partial charge is 0.466 e. The van der Waals surface area contributed by atoms with Crippen LogP contribution in [0.3, 0.4) is 0 Å². The van der Waals surface area contributed by atoms with Gasteiger partial charge in [-0.1, -0.05) is 13.0 Å². The second-order valence-corrected chi connectivity index (χ2v) is 5.26. The van der Waals surface area contributed by atoms with E-state index in [2.05, 4.69) is 18.3 Å². The van der Waals surface area contributed by atoms with Crippen LogP contribution in [0.2, 0.25) is 0 Å². The fraction of sp³-hybridized carbons (Fsp3) is 0.412. The van der Waals surface area contributed by atoms with Crippen LogP contribution in [0.25, 0.3) is 0 Å². The van der Waals surface area contributed by atoms with Crippen molar-refractivity contribution >= 4 is 0 Å². The monoisotopic (exact) mass is 275 g/mol. The molecule has 0 amide bonds. The maximum atomic E-state index is 13.3. The van der Waals surface area contributed by atoms with Gasteiger partial charge in [-0.15, -0.1) is 0 Å². The molecule has 1 unspecified atom stereocenters. The van der Waals surface area contributed by atoms with E-state index in [-0.39, 0.29) is 11.9 Å². The van der Waals surface area contributed by atoms with E-state index in [0.29, 0.717) is 0 Å². The van der Waals surface area contributed by atoms with Crippen LogP contribution >= 0.6 is 0 Å². The van der Waals surface area contributed by atoms with Crippen LogP contribution in [0, 0.1) is 26.6 Å². The molecule has 1 aromatic heterocycles. The second-order valence-electron chi connectivity index (χ2n) is 5.26. The zero-order valence-corrected chi connectivity index (χ0v) is 12.6. The topological polar surface area (TPSA) is 25.2 Å². The van der Waals surface area contributed by atoms with E-state index in [9.17, 15) is 4.39 Å². The molecular weight excluding hydrogens is 253 g/mol. The van der Waals surface area contributed by atoms with E-state index in [1.54, 1.807) is 6.07 Å². The summed E-state index contributed by atoms with van der Waals surface area (Å²) in [6.07, 6.45) is 1.05. The molecule has 0 saturated carbocycles. The Kier molecular flexibility index (Phi) is 4.61. The van der Waals surface area contributed by atoms with Crippen LogP contribution < -0.4 is 5.32 Å². The van der Waals surface area contributed by atoms with Crippen molar-refractivity contribution < 1.29 is 8.81 Å². The van der Waals surface area contributed by atoms with Crippen LogP contribution in [-0.4, -0.2) is 6.54 Å². The molecule has 108 valence electrons. The molecule has 0 aliphatic heterocycles. The maximum Gasteiger partial charge on any atom is 0.123 e. The Morgan fingerprint density at radius 2 is 1.90 bits per heavy atom. The van der Waals surface area contributed by atoms with Crippen molar-refractivity contribution in [2.24, 2.45) is 0 Å². The number of aryl methyl sites for hydroxylation is 3. The molecule has 1 N–H and O–H groups in total. The average Bonchev–Trinajstić information content (AvgIpc) is 2.71. The van der Waals surface area contributed by atoms with Gasteiger partial charge in [0.2, 0.25) is 0 Å². The number of benzene rings is 1. The standard InChI is InChI=1S/C17H22FNO/c1-5-8-19-17(16-10-12(3)20-13(16)4)15-7-6-14(18)9-11(15)2/h6-7,9-10,17,19H,5,8H2,1-4H3. The van der Waals surface area contributed by atoms with Gasteiger partial charge < -0.3 is 9.73 Å². The lowest BCUT2D eigenvalue weighted by molar-refractivity contribution is 0.493. The molecule has 0 spiro atoms. The van der Waals surface area contributed by atoms with Gasteiger partial charge in [-0.2, -0.15) is 0 Å². The first-order chi connectivity index (χ1) is 9.52. The molecular formula is C17H22FNO. The summed E-state index contributed by atoms with van der Waals surface area (Å²) in [6.45, 7) is 8.91. The second kappa shape index (κ2) is 6.23. The van der Waals surface area contributed by atoms with E-state index in [1.807, 2.05) is 26.8 Å². The molecule has 2 rings (SSSR count). The van der Waals surface area contributed by atoms with Gasteiger partial charge in [0.1, 0.15) is 17.3 Å². The normalized spacial score (nSPS) is 12.7. The van der Waals surface area contributed by atoms with E-state index in [4.69, 9.17) is 4.42 Å². The summed E-state index contributed by atoms with van der Waals surface area (Å²) >= 11 is 0. The van der Waals surface area contributed by atoms with Gasteiger partial charge >= 0.3 is 0 Å². The summed E-state index contributed by atoms with van der Waals surface area (Å²) in [5.74, 6) is 1.63. The predicted octanol–water partition coefficient (Wildman–Crippen LogP) is 4.43. The van der Waals surface area contributed by atoms with Crippen molar-refractivity contribution in [1.29, 1.82) is 0 Å². The van der Waals surface area contributed by atoms with Crippen LogP contribution in [-0.2, 0) is 0 Å². The summed E-state index contributed by atoms with van der Waals surface area (Å²) in [4.78, 5) is 0. The number of hydrogen-bond acceptors (Lipinski definition) is 2. The Balaban J connectivity index is 2.44. The molecule has 0 fully saturated rings. The van der Waals surface area contributed by atoms with Gasteiger partial charge in [0.15, 0.2) is 0 Å². The predicted molar refractivity (Wildman–Crippen MR) is 79.5 cm³/mol. The zero-order valence-electron chi connectivity index (χ0n) is 12.6. The molecule has 0 saturated heterocycles. The van der Waals surface area contributed by atoms with Gasteiger partial charge in [0, 0.05) is 5.56 Å². The van der Waals surface area contributed by atoms with Crippen LogP contribution in [0.15, 0.2) is 28.7 Å². The minimum absolute atomic E-state index is 0.0491. The lowest BCUT2D eigenvalue weighted by Gasteiger charge is -2.20. The molecule has 2 aromatic rings. The van der Waals surface area contributed by atoms with Crippen molar-refractivity contribution in [3.05, 3.63) is 58.3 Å². The summed E-state index contributed by atoms with van der Waals surface area (Å²) < 4.78 is 19.0. The molecule has 0 radical (unpaired) electrons. The molecule has 2 nitrogen and oxygen atoms in total. The summed E-state index contributed by atoms with van der Waals surface area (Å²) in [5, 5.41) is 3.53. The Hall–Kier alpha value is -1.61. The minimum Gasteiger partial charge on any atom is -0.466 e. The van der Waals surface area contributed by atoms with Crippen molar-refractivity contribution in [2.45, 2.75) is 40.2 Å². The van der Waals surface area contributed by atoms with Crippen LogP contribution in [0.4, 0.5) is 4.39 Å². The Labute approximate surface area is 120 Å². The first-order valence-electron chi connectivity index (χ1n) is 7.09. The lowest BCUT2D eigenvalue weighted by Crippen LogP contribution is -2.24. The Morgan fingerprint density at radius 3 is 2.45 bits per heavy atom. The molecule has 3 heteroatoms. The first kappa shape index (κ1) is 14.8. The van der Waals surface area contributed by atoms with Gasteiger partial charge in [0.05, 0.1) is 6.04 Å². The molecule has 1 aromatic carbocycles. The van der Waals surface area contributed by atoms with Gasteiger partial charge in [0.25, 0.3) is 0 Å². The van der Waals surface area contributed by atoms with Crippen LogP contribution in [0.1, 0.15) is 47.6 Å². The molecule has 20 heavy (non-hydrogen) atoms. The number of furan rings is 1. The van der Waals surface area contributed by atoms with Gasteiger partial charge in [-0.25, -0.2) is 4.39 Å². The van der Waals surface area contributed by atoms with E-state index in [0.717, 1.165) is 41.2 Å². The van der Waals surface area contributed by atoms with E-state index in [1.165, 1.54) is 6.07 Å². The Morgan fingerprint density at radius 1 is 1.15 bits per heavy atom. The highest BCUT2D eigenvalue weighted by atomic mass is 19.1. The van der Waals surface area contributed by atoms with Crippen molar-refractivity contribution in [2.75, 3.05) is 6.54 Å². The third-order valence-electron chi connectivity index (χ3n) is 3.53. The molecule has 1 atom stereocenters. The zero-order chi connectivity index (χ0) is 14.7. The third kappa shape index (κ3) is 3.10. The fourth-order valence-corrected chi connectivity index (χ4v) is 2.58. The average molecular weight is 275 g/mol. The van der Waals surface area contributed by atoms with Gasteiger partial charge in [-0.05, 0) is 63.1 Å². The fourth-order valence-electron chi connectivity index (χ4n) is 2.58. The van der Waals surface area contributed by atoms with Crippen LogP contribution in [0.5, 0.6) is 0 Å². The summed E-state index contributed by atoms with van der Waals surface area (Å²) in [6, 6.07) is 7.07. The highest BCUT2D eigenvalue weighted by molar-refractivity contribution is 5.39. The molecule has 0 bridgehead atoms. The van der Waals surface area contributed by atoms with Crippen molar-refractivity contribution in [3.8, 4) is 0 Å². The third-order valence-corrected chi connectivity index (χ3v) is 3.53. The lowest BCUT2D eigenvalue weighted by atomic mass is 9.95. The smallest absolute Gasteiger partial charge is 0.123 e. The van der Waals surface area contributed by atoms with Crippen molar-refractivity contribution in [3.63, 3.8) is 0 Å². The number of hydrogen-bond donors (Lipinski definition) is 1. The minimum atomic E-state index is -0.194. The SMILES string of the molecule is CCCNC(c1ccc(F)cc1C)c1cc(C)oc1C. The van der Waals surface area contributed by atoms with E-state index >= 15 is 0 Å². The Bertz CT molecular complexity index is 589. The quantitative estimate of drug-likeness (QED) is 0.873. The summed E-state index contributed by atoms with van der Waals surface area (Å²) in [5.41, 5.74) is 3.19. The maximum absolute atomic E-state index is 13.3. The summed E-state index contributed by atoms with van der Waals surface area (Å²) in [7, 11) is 0. The highest BCUT2D eigenvalue weighted by Gasteiger charge is 2.20. The number of halogens is 1. The first-order valence-corrected chi connectivity index (χ1v) is 7.09.